The van der Waals surface area contributed by atoms with E-state index in [4.69, 9.17) is 9.47 Å². The van der Waals surface area contributed by atoms with Crippen molar-refractivity contribution >= 4 is 0 Å². The Morgan fingerprint density at radius 2 is 1.26 bits per heavy atom. The zero-order valence-electron chi connectivity index (χ0n) is 21.3. The second kappa shape index (κ2) is 16.4. The molecule has 3 heteroatoms. The van der Waals surface area contributed by atoms with Crippen molar-refractivity contribution in [2.75, 3.05) is 13.7 Å². The van der Waals surface area contributed by atoms with Gasteiger partial charge in [0.2, 0.25) is 0 Å². The second-order valence-corrected chi connectivity index (χ2v) is 10.3. The molecule has 0 heterocycles. The van der Waals surface area contributed by atoms with E-state index < -0.39 is 0 Å². The maximum Gasteiger partial charge on any atom is 0.128 e. The van der Waals surface area contributed by atoms with Gasteiger partial charge in [-0.15, -0.1) is 0 Å². The molecule has 1 aromatic carbocycles. The van der Waals surface area contributed by atoms with Crippen molar-refractivity contribution in [3.8, 4) is 11.5 Å². The first-order valence-electron chi connectivity index (χ1n) is 12.7. The molecule has 1 aromatic rings. The first kappa shape index (κ1) is 27.8. The second-order valence-electron chi connectivity index (χ2n) is 10.3. The molecule has 0 amide bonds. The molecule has 3 nitrogen and oxygen atoms in total. The minimum Gasteiger partial charge on any atom is -0.496 e. The van der Waals surface area contributed by atoms with E-state index in [1.165, 1.54) is 57.8 Å². The molecule has 0 bridgehead atoms. The Hall–Kier alpha value is -1.22. The van der Waals surface area contributed by atoms with Gasteiger partial charge in [0.25, 0.3) is 0 Å². The minimum atomic E-state index is -0.268. The van der Waals surface area contributed by atoms with Crippen molar-refractivity contribution in [2.45, 2.75) is 105 Å². The van der Waals surface area contributed by atoms with Crippen LogP contribution in [0.4, 0.5) is 0 Å². The molecule has 0 saturated heterocycles. The first-order chi connectivity index (χ1) is 14.8. The predicted octanol–water partition coefficient (Wildman–Crippen LogP) is 8.47. The predicted molar refractivity (Wildman–Crippen MR) is 131 cm³/mol. The molecule has 3 atom stereocenters. The molecule has 0 N–H and O–H groups in total. The lowest BCUT2D eigenvalue weighted by atomic mass is 9.91. The van der Waals surface area contributed by atoms with Crippen molar-refractivity contribution in [2.24, 2.45) is 23.7 Å². The number of hydrogen-bond acceptors (Lipinski definition) is 2. The number of benzene rings is 1. The third-order valence-corrected chi connectivity index (χ3v) is 6.56. The maximum atomic E-state index is 11.1. The third kappa shape index (κ3) is 13.0. The summed E-state index contributed by atoms with van der Waals surface area (Å²) in [7, 11) is 1.59. The van der Waals surface area contributed by atoms with Gasteiger partial charge in [-0.3, -0.25) is 0 Å². The summed E-state index contributed by atoms with van der Waals surface area (Å²) >= 11 is 0. The SMILES string of the molecule is COc1cc(OCCC(C)CCC[C@H](C)CCC[C@H](C)CCCC(C)C)ccc1C[O]. The lowest BCUT2D eigenvalue weighted by Crippen LogP contribution is -2.06. The molecule has 0 aliphatic carbocycles. The fourth-order valence-electron chi connectivity index (χ4n) is 4.25. The van der Waals surface area contributed by atoms with Gasteiger partial charge in [-0.05, 0) is 42.2 Å². The summed E-state index contributed by atoms with van der Waals surface area (Å²) in [6.07, 6.45) is 13.4. The molecule has 0 aliphatic rings. The molecule has 1 rings (SSSR count). The normalized spacial score (nSPS) is 14.5. The van der Waals surface area contributed by atoms with Crippen LogP contribution in [0, 0.1) is 23.7 Å². The molecule has 0 aromatic heterocycles. The van der Waals surface area contributed by atoms with E-state index in [0.29, 0.717) is 23.8 Å². The Labute approximate surface area is 192 Å². The van der Waals surface area contributed by atoms with Gasteiger partial charge in [-0.1, -0.05) is 92.4 Å². The molecule has 179 valence electrons. The van der Waals surface area contributed by atoms with Crippen LogP contribution in [-0.2, 0) is 11.7 Å². The van der Waals surface area contributed by atoms with Crippen molar-refractivity contribution in [1.29, 1.82) is 0 Å². The van der Waals surface area contributed by atoms with Crippen LogP contribution in [0.1, 0.15) is 104 Å². The number of ether oxygens (including phenoxy) is 2. The van der Waals surface area contributed by atoms with Gasteiger partial charge in [0.05, 0.1) is 13.7 Å². The molecule has 0 aliphatic heterocycles. The highest BCUT2D eigenvalue weighted by Gasteiger charge is 2.09. The van der Waals surface area contributed by atoms with Crippen molar-refractivity contribution in [3.05, 3.63) is 23.8 Å². The maximum absolute atomic E-state index is 11.1. The van der Waals surface area contributed by atoms with E-state index in [9.17, 15) is 5.11 Å². The molecule has 1 radical (unpaired) electrons. The number of rotatable bonds is 18. The van der Waals surface area contributed by atoms with E-state index in [2.05, 4.69) is 34.6 Å². The Balaban J connectivity index is 2.10. The number of hydrogen-bond donors (Lipinski definition) is 0. The lowest BCUT2D eigenvalue weighted by Gasteiger charge is -2.16. The van der Waals surface area contributed by atoms with Crippen LogP contribution >= 0.6 is 0 Å². The van der Waals surface area contributed by atoms with Gasteiger partial charge >= 0.3 is 0 Å². The topological polar surface area (TPSA) is 38.4 Å². The molecule has 0 fully saturated rings. The fourth-order valence-corrected chi connectivity index (χ4v) is 4.25. The van der Waals surface area contributed by atoms with Crippen molar-refractivity contribution in [3.63, 3.8) is 0 Å². The van der Waals surface area contributed by atoms with Gasteiger partial charge in [-0.2, -0.15) is 0 Å². The van der Waals surface area contributed by atoms with Gasteiger partial charge in [0, 0.05) is 11.6 Å². The zero-order chi connectivity index (χ0) is 23.1. The van der Waals surface area contributed by atoms with Crippen LogP contribution in [-0.4, -0.2) is 13.7 Å². The van der Waals surface area contributed by atoms with Crippen LogP contribution in [0.25, 0.3) is 0 Å². The Kier molecular flexibility index (Phi) is 14.7. The van der Waals surface area contributed by atoms with Gasteiger partial charge in [-0.25, -0.2) is 5.11 Å². The summed E-state index contributed by atoms with van der Waals surface area (Å²) in [6.45, 7) is 12.3. The van der Waals surface area contributed by atoms with Crippen LogP contribution < -0.4 is 9.47 Å². The van der Waals surface area contributed by atoms with E-state index in [-0.39, 0.29) is 6.61 Å². The summed E-state index contributed by atoms with van der Waals surface area (Å²) in [5.41, 5.74) is 0.679. The van der Waals surface area contributed by atoms with E-state index >= 15 is 0 Å². The van der Waals surface area contributed by atoms with Crippen LogP contribution in [0.15, 0.2) is 18.2 Å². The fraction of sp³-hybridized carbons (Fsp3) is 0.786. The van der Waals surface area contributed by atoms with Crippen molar-refractivity contribution < 1.29 is 14.6 Å². The lowest BCUT2D eigenvalue weighted by molar-refractivity contribution is 0.174. The summed E-state index contributed by atoms with van der Waals surface area (Å²) in [5.74, 6) is 4.67. The highest BCUT2D eigenvalue weighted by molar-refractivity contribution is 5.40. The summed E-state index contributed by atoms with van der Waals surface area (Å²) < 4.78 is 11.1. The average Bonchev–Trinajstić information content (AvgIpc) is 2.73. The Morgan fingerprint density at radius 1 is 0.742 bits per heavy atom. The van der Waals surface area contributed by atoms with Crippen LogP contribution in [0.3, 0.4) is 0 Å². The highest BCUT2D eigenvalue weighted by Crippen LogP contribution is 2.26. The molecular weight excluding hydrogens is 384 g/mol. The minimum absolute atomic E-state index is 0.268. The van der Waals surface area contributed by atoms with E-state index in [0.717, 1.165) is 29.9 Å². The zero-order valence-corrected chi connectivity index (χ0v) is 21.3. The molecule has 0 saturated carbocycles. The summed E-state index contributed by atoms with van der Waals surface area (Å²) in [5, 5.41) is 11.1. The standard InChI is InChI=1S/C28H49O3/c1-22(2)10-7-11-23(3)12-8-13-24(4)14-9-15-25(5)18-19-31-27-17-16-26(21-29)28(20-27)30-6/h16-17,20,22-25H,7-15,18-19,21H2,1-6H3/t23-,24-,25?/m1/s1. The largest absolute Gasteiger partial charge is 0.496 e. The van der Waals surface area contributed by atoms with Crippen molar-refractivity contribution in [1.82, 2.24) is 0 Å². The highest BCUT2D eigenvalue weighted by atomic mass is 16.5. The monoisotopic (exact) mass is 433 g/mol. The smallest absolute Gasteiger partial charge is 0.128 e. The van der Waals surface area contributed by atoms with Gasteiger partial charge < -0.3 is 9.47 Å². The van der Waals surface area contributed by atoms with E-state index in [1.807, 2.05) is 12.1 Å². The van der Waals surface area contributed by atoms with Crippen LogP contribution in [0.2, 0.25) is 0 Å². The average molecular weight is 434 g/mol. The Morgan fingerprint density at radius 3 is 1.74 bits per heavy atom. The summed E-state index contributed by atoms with van der Waals surface area (Å²) in [4.78, 5) is 0. The first-order valence-corrected chi connectivity index (χ1v) is 12.7. The summed E-state index contributed by atoms with van der Waals surface area (Å²) in [6, 6.07) is 5.50. The molecule has 0 spiro atoms. The van der Waals surface area contributed by atoms with Crippen LogP contribution in [0.5, 0.6) is 11.5 Å². The quantitative estimate of drug-likeness (QED) is 0.233. The van der Waals surface area contributed by atoms with Gasteiger partial charge in [0.15, 0.2) is 0 Å². The van der Waals surface area contributed by atoms with E-state index in [1.54, 1.807) is 13.2 Å². The molecule has 31 heavy (non-hydrogen) atoms. The third-order valence-electron chi connectivity index (χ3n) is 6.56. The van der Waals surface area contributed by atoms with Gasteiger partial charge in [0.1, 0.15) is 18.1 Å². The molecule has 1 unspecified atom stereocenters. The Bertz CT molecular complexity index is 569. The molecular formula is C28H49O3. The number of methoxy groups -OCH3 is 1.